The second-order valence-electron chi connectivity index (χ2n) is 9.80. The van der Waals surface area contributed by atoms with E-state index in [2.05, 4.69) is 133 Å². The van der Waals surface area contributed by atoms with Gasteiger partial charge in [-0.1, -0.05) is 103 Å². The van der Waals surface area contributed by atoms with Gasteiger partial charge in [0.25, 0.3) is 0 Å². The number of fused-ring (bicyclic) bond motifs is 4. The van der Waals surface area contributed by atoms with Crippen LogP contribution in [0, 0.1) is 0 Å². The Hall–Kier alpha value is -4.64. The van der Waals surface area contributed by atoms with Gasteiger partial charge in [0.2, 0.25) is 0 Å². The van der Waals surface area contributed by atoms with Crippen molar-refractivity contribution >= 4 is 52.9 Å². The van der Waals surface area contributed by atoms with Crippen LogP contribution in [0.15, 0.2) is 133 Å². The molecule has 0 spiro atoms. The average Bonchev–Trinajstić information content (AvgIpc) is 3.63. The highest BCUT2D eigenvalue weighted by Crippen LogP contribution is 2.41. The van der Waals surface area contributed by atoms with Crippen molar-refractivity contribution in [3.63, 3.8) is 0 Å². The Balaban J connectivity index is 1.40. The fraction of sp³-hybridized carbons (Fsp3) is 0. The van der Waals surface area contributed by atoms with Crippen LogP contribution in [-0.4, -0.2) is 9.97 Å². The molecule has 3 heterocycles. The first-order chi connectivity index (χ1) is 19.8. The van der Waals surface area contributed by atoms with Gasteiger partial charge in [0.15, 0.2) is 5.82 Å². The Kier molecular flexibility index (Phi) is 5.54. The summed E-state index contributed by atoms with van der Waals surface area (Å²) in [5, 5.41) is 3.76. The van der Waals surface area contributed by atoms with Gasteiger partial charge in [-0.25, -0.2) is 9.97 Å². The lowest BCUT2D eigenvalue weighted by Crippen LogP contribution is -1.96. The van der Waals surface area contributed by atoms with E-state index >= 15 is 0 Å². The molecule has 0 N–H and O–H groups in total. The molecule has 4 heteroatoms. The van der Waals surface area contributed by atoms with E-state index in [1.54, 1.807) is 11.3 Å². The van der Waals surface area contributed by atoms with E-state index in [1.165, 1.54) is 35.8 Å². The van der Waals surface area contributed by atoms with E-state index in [0.717, 1.165) is 38.8 Å². The first-order valence-corrected chi connectivity index (χ1v) is 14.9. The van der Waals surface area contributed by atoms with Gasteiger partial charge >= 0.3 is 0 Å². The van der Waals surface area contributed by atoms with Gasteiger partial charge in [-0.3, -0.25) is 0 Å². The fourth-order valence-electron chi connectivity index (χ4n) is 5.44. The number of rotatable bonds is 4. The van der Waals surface area contributed by atoms with E-state index in [4.69, 9.17) is 9.97 Å². The van der Waals surface area contributed by atoms with Gasteiger partial charge < -0.3 is 0 Å². The number of aromatic nitrogens is 2. The Bertz CT molecular complexity index is 2140. The van der Waals surface area contributed by atoms with E-state index in [-0.39, 0.29) is 0 Å². The van der Waals surface area contributed by atoms with E-state index in [0.29, 0.717) is 0 Å². The molecule has 3 aromatic heterocycles. The molecule has 40 heavy (non-hydrogen) atoms. The van der Waals surface area contributed by atoms with Crippen molar-refractivity contribution in [2.75, 3.05) is 0 Å². The predicted octanol–water partition coefficient (Wildman–Crippen LogP) is 10.7. The summed E-state index contributed by atoms with van der Waals surface area (Å²) in [7, 11) is 0. The quantitative estimate of drug-likeness (QED) is 0.219. The standard InChI is InChI=1S/C36H22N2S2/c1-2-11-23(12-3-1)25-14-5-6-15-26(25)30-22-31(34-21-24-13-4-8-19-32(24)39-34)38-36(37-30)29-18-10-17-28-27-16-7-9-20-33(27)40-35(28)29/h1-22H. The van der Waals surface area contributed by atoms with Crippen molar-refractivity contribution in [2.45, 2.75) is 0 Å². The zero-order valence-electron chi connectivity index (χ0n) is 21.4. The highest BCUT2D eigenvalue weighted by Gasteiger charge is 2.18. The Morgan fingerprint density at radius 2 is 1.12 bits per heavy atom. The highest BCUT2D eigenvalue weighted by atomic mass is 32.1. The Morgan fingerprint density at radius 3 is 2.00 bits per heavy atom. The highest BCUT2D eigenvalue weighted by molar-refractivity contribution is 7.26. The predicted molar refractivity (Wildman–Crippen MR) is 172 cm³/mol. The van der Waals surface area contributed by atoms with E-state index < -0.39 is 0 Å². The summed E-state index contributed by atoms with van der Waals surface area (Å²) in [4.78, 5) is 11.6. The van der Waals surface area contributed by atoms with Crippen LogP contribution in [0.2, 0.25) is 0 Å². The molecule has 0 atom stereocenters. The van der Waals surface area contributed by atoms with Crippen molar-refractivity contribution in [1.29, 1.82) is 0 Å². The van der Waals surface area contributed by atoms with Gasteiger partial charge in [0.1, 0.15) is 0 Å². The minimum Gasteiger partial charge on any atom is -0.228 e. The third kappa shape index (κ3) is 3.92. The summed E-state index contributed by atoms with van der Waals surface area (Å²) in [6.45, 7) is 0. The lowest BCUT2D eigenvalue weighted by molar-refractivity contribution is 1.19. The van der Waals surface area contributed by atoms with Gasteiger partial charge in [0, 0.05) is 36.0 Å². The normalized spacial score (nSPS) is 11.5. The minimum absolute atomic E-state index is 0.755. The van der Waals surface area contributed by atoms with Crippen LogP contribution in [0.3, 0.4) is 0 Å². The van der Waals surface area contributed by atoms with Gasteiger partial charge in [-0.2, -0.15) is 0 Å². The molecule has 0 aliphatic rings. The maximum absolute atomic E-state index is 5.26. The van der Waals surface area contributed by atoms with Crippen molar-refractivity contribution in [3.8, 4) is 44.3 Å². The largest absolute Gasteiger partial charge is 0.228 e. The number of nitrogens with zero attached hydrogens (tertiary/aromatic N) is 2. The molecule has 8 rings (SSSR count). The molecule has 0 saturated carbocycles. The molecule has 0 saturated heterocycles. The third-order valence-electron chi connectivity index (χ3n) is 7.34. The molecule has 0 radical (unpaired) electrons. The maximum atomic E-state index is 5.26. The van der Waals surface area contributed by atoms with Crippen molar-refractivity contribution in [2.24, 2.45) is 0 Å². The molecule has 0 aliphatic carbocycles. The van der Waals surface area contributed by atoms with Gasteiger partial charge in [-0.05, 0) is 46.8 Å². The molecule has 8 aromatic rings. The first-order valence-electron chi connectivity index (χ1n) is 13.3. The second-order valence-corrected chi connectivity index (χ2v) is 11.9. The van der Waals surface area contributed by atoms with Crippen LogP contribution in [0.5, 0.6) is 0 Å². The van der Waals surface area contributed by atoms with Crippen LogP contribution in [0.25, 0.3) is 74.6 Å². The maximum Gasteiger partial charge on any atom is 0.161 e. The van der Waals surface area contributed by atoms with Crippen molar-refractivity contribution in [3.05, 3.63) is 133 Å². The Morgan fingerprint density at radius 1 is 0.450 bits per heavy atom. The Labute approximate surface area is 239 Å². The minimum atomic E-state index is 0.755. The number of hydrogen-bond donors (Lipinski definition) is 0. The zero-order chi connectivity index (χ0) is 26.5. The summed E-state index contributed by atoms with van der Waals surface area (Å²) in [6.07, 6.45) is 0. The molecule has 5 aromatic carbocycles. The van der Waals surface area contributed by atoms with Gasteiger partial charge in [-0.15, -0.1) is 22.7 Å². The zero-order valence-corrected chi connectivity index (χ0v) is 23.0. The van der Waals surface area contributed by atoms with E-state index in [9.17, 15) is 0 Å². The summed E-state index contributed by atoms with van der Waals surface area (Å²) in [5.74, 6) is 0.755. The summed E-state index contributed by atoms with van der Waals surface area (Å²) in [5.41, 5.74) is 6.38. The number of hydrogen-bond acceptors (Lipinski definition) is 4. The van der Waals surface area contributed by atoms with Gasteiger partial charge in [0.05, 0.1) is 16.3 Å². The molecule has 0 unspecified atom stereocenters. The molecule has 0 amide bonds. The van der Waals surface area contributed by atoms with Crippen LogP contribution >= 0.6 is 22.7 Å². The molecular formula is C36H22N2S2. The number of benzene rings is 5. The smallest absolute Gasteiger partial charge is 0.161 e. The molecule has 2 nitrogen and oxygen atoms in total. The summed E-state index contributed by atoms with van der Waals surface area (Å²) >= 11 is 3.59. The first kappa shape index (κ1) is 23.3. The van der Waals surface area contributed by atoms with Crippen molar-refractivity contribution in [1.82, 2.24) is 9.97 Å². The molecule has 0 fully saturated rings. The number of thiophene rings is 2. The molecule has 0 bridgehead atoms. The molecule has 0 aliphatic heterocycles. The monoisotopic (exact) mass is 546 g/mol. The van der Waals surface area contributed by atoms with Crippen LogP contribution in [0.4, 0.5) is 0 Å². The van der Waals surface area contributed by atoms with Crippen LogP contribution in [-0.2, 0) is 0 Å². The topological polar surface area (TPSA) is 25.8 Å². The lowest BCUT2D eigenvalue weighted by atomic mass is 9.97. The third-order valence-corrected chi connectivity index (χ3v) is 9.70. The molecule has 188 valence electrons. The average molecular weight is 547 g/mol. The second kappa shape index (κ2) is 9.53. The summed E-state index contributed by atoms with van der Waals surface area (Å²) in [6, 6.07) is 47.1. The summed E-state index contributed by atoms with van der Waals surface area (Å²) < 4.78 is 3.76. The SMILES string of the molecule is c1ccc(-c2ccccc2-c2cc(-c3cc4ccccc4s3)nc(-c3cccc4c3sc3ccccc34)n2)cc1. The fourth-order valence-corrected chi connectivity index (χ4v) is 7.67. The lowest BCUT2D eigenvalue weighted by Gasteiger charge is -2.12. The van der Waals surface area contributed by atoms with Crippen LogP contribution in [0.1, 0.15) is 0 Å². The van der Waals surface area contributed by atoms with Crippen molar-refractivity contribution < 1.29 is 0 Å². The van der Waals surface area contributed by atoms with E-state index in [1.807, 2.05) is 11.3 Å². The molecular weight excluding hydrogens is 525 g/mol. The van der Waals surface area contributed by atoms with Crippen LogP contribution < -0.4 is 0 Å².